The first-order chi connectivity index (χ1) is 9.22. The van der Waals surface area contributed by atoms with E-state index in [1.165, 1.54) is 15.9 Å². The lowest BCUT2D eigenvalue weighted by Gasteiger charge is -1.99. The van der Waals surface area contributed by atoms with E-state index in [4.69, 9.17) is 0 Å². The summed E-state index contributed by atoms with van der Waals surface area (Å²) in [6.45, 7) is 0. The van der Waals surface area contributed by atoms with E-state index < -0.39 is 0 Å². The van der Waals surface area contributed by atoms with Crippen LogP contribution in [-0.2, 0) is 12.8 Å². The number of hydrogen-bond donors (Lipinski definition) is 1. The molecule has 19 heavy (non-hydrogen) atoms. The summed E-state index contributed by atoms with van der Waals surface area (Å²) >= 11 is 1.35. The number of hydrogen-bond acceptors (Lipinski definition) is 6. The summed E-state index contributed by atoms with van der Waals surface area (Å²) in [7, 11) is 0. The van der Waals surface area contributed by atoms with Crippen molar-refractivity contribution in [3.8, 4) is 5.75 Å². The molecular formula is C12H10N4O2S. The molecule has 0 unspecified atom stereocenters. The number of aromatic hydroxyl groups is 1. The summed E-state index contributed by atoms with van der Waals surface area (Å²) in [5.41, 5.74) is 0.752. The van der Waals surface area contributed by atoms with Crippen LogP contribution in [0, 0.1) is 0 Å². The van der Waals surface area contributed by atoms with Crippen molar-refractivity contribution < 1.29 is 5.11 Å². The molecule has 1 N–H and O–H groups in total. The lowest BCUT2D eigenvalue weighted by Crippen LogP contribution is -2.14. The van der Waals surface area contributed by atoms with Crippen molar-refractivity contribution in [2.45, 2.75) is 12.8 Å². The Morgan fingerprint density at radius 2 is 2.21 bits per heavy atom. The van der Waals surface area contributed by atoms with E-state index in [9.17, 15) is 9.90 Å². The van der Waals surface area contributed by atoms with E-state index in [2.05, 4.69) is 15.3 Å². The van der Waals surface area contributed by atoms with Gasteiger partial charge in [0, 0.05) is 6.42 Å². The Balaban J connectivity index is 1.82. The predicted octanol–water partition coefficient (Wildman–Crippen LogP) is 1.04. The van der Waals surface area contributed by atoms with E-state index in [0.29, 0.717) is 11.4 Å². The lowest BCUT2D eigenvalue weighted by molar-refractivity contribution is 0.474. The van der Waals surface area contributed by atoms with Gasteiger partial charge in [0.25, 0.3) is 5.56 Å². The molecule has 0 aliphatic carbocycles. The fourth-order valence-electron chi connectivity index (χ4n) is 1.78. The molecule has 6 nitrogen and oxygen atoms in total. The number of fused-ring (bicyclic) bond motifs is 1. The zero-order valence-corrected chi connectivity index (χ0v) is 10.7. The highest BCUT2D eigenvalue weighted by Gasteiger charge is 2.07. The summed E-state index contributed by atoms with van der Waals surface area (Å²) in [5.74, 6) is 0.254. The van der Waals surface area contributed by atoms with Gasteiger partial charge in [-0.1, -0.05) is 23.5 Å². The van der Waals surface area contributed by atoms with Crippen molar-refractivity contribution >= 4 is 16.3 Å². The van der Waals surface area contributed by atoms with Crippen LogP contribution in [0.5, 0.6) is 5.75 Å². The van der Waals surface area contributed by atoms with Gasteiger partial charge in [0.1, 0.15) is 17.0 Å². The van der Waals surface area contributed by atoms with Crippen molar-refractivity contribution in [3.05, 3.63) is 51.4 Å². The molecule has 0 radical (unpaired) electrons. The number of aromatic nitrogens is 4. The molecule has 0 saturated heterocycles. The molecule has 2 aromatic heterocycles. The van der Waals surface area contributed by atoms with Gasteiger partial charge in [-0.25, -0.2) is 0 Å². The predicted molar refractivity (Wildman–Crippen MR) is 70.4 cm³/mol. The Bertz CT molecular complexity index is 780. The largest absolute Gasteiger partial charge is 0.508 e. The van der Waals surface area contributed by atoms with Crippen LogP contribution in [0.3, 0.4) is 0 Å². The summed E-state index contributed by atoms with van der Waals surface area (Å²) in [5, 5.41) is 21.9. The molecule has 0 bridgehead atoms. The quantitative estimate of drug-likeness (QED) is 0.771. The highest BCUT2D eigenvalue weighted by Crippen LogP contribution is 2.15. The molecule has 3 rings (SSSR count). The topological polar surface area (TPSA) is 80.4 Å². The molecule has 96 valence electrons. The van der Waals surface area contributed by atoms with Crippen molar-refractivity contribution in [1.29, 1.82) is 0 Å². The van der Waals surface area contributed by atoms with Crippen molar-refractivity contribution in [2.75, 3.05) is 0 Å². The highest BCUT2D eigenvalue weighted by molar-refractivity contribution is 7.16. The lowest BCUT2D eigenvalue weighted by atomic mass is 10.1. The minimum absolute atomic E-state index is 0.254. The number of nitrogens with zero attached hydrogens (tertiary/aromatic N) is 4. The molecule has 2 heterocycles. The van der Waals surface area contributed by atoms with Gasteiger partial charge >= 0.3 is 0 Å². The second-order valence-electron chi connectivity index (χ2n) is 4.04. The van der Waals surface area contributed by atoms with Crippen LogP contribution in [0.4, 0.5) is 0 Å². The van der Waals surface area contributed by atoms with Crippen molar-refractivity contribution in [3.63, 3.8) is 0 Å². The molecule has 7 heteroatoms. The van der Waals surface area contributed by atoms with Gasteiger partial charge in [0.2, 0.25) is 4.96 Å². The van der Waals surface area contributed by atoms with Crippen LogP contribution >= 0.6 is 11.3 Å². The molecule has 0 atom stereocenters. The number of benzene rings is 1. The molecule has 3 aromatic rings. The highest BCUT2D eigenvalue weighted by atomic mass is 32.1. The van der Waals surface area contributed by atoms with E-state index in [1.807, 2.05) is 6.07 Å². The Kier molecular flexibility index (Phi) is 2.96. The summed E-state index contributed by atoms with van der Waals surface area (Å²) in [6, 6.07) is 7.10. The number of phenolic OH excluding ortho intramolecular Hbond substituents is 1. The van der Waals surface area contributed by atoms with Crippen molar-refractivity contribution in [1.82, 2.24) is 19.8 Å². The standard InChI is InChI=1S/C12H10N4O2S/c17-9-3-1-2-8(6-9)4-5-10-15-16-11(18)7-13-14-12(16)19-10/h1-3,6-7,17H,4-5H2. The van der Waals surface area contributed by atoms with E-state index in [0.717, 1.165) is 23.2 Å². The van der Waals surface area contributed by atoms with Gasteiger partial charge < -0.3 is 5.11 Å². The first-order valence-corrected chi connectivity index (χ1v) is 6.52. The van der Waals surface area contributed by atoms with Gasteiger partial charge in [0.15, 0.2) is 0 Å². The second-order valence-corrected chi connectivity index (χ2v) is 5.08. The molecular weight excluding hydrogens is 264 g/mol. The number of aryl methyl sites for hydroxylation is 2. The van der Waals surface area contributed by atoms with Gasteiger partial charge in [-0.3, -0.25) is 4.79 Å². The first-order valence-electron chi connectivity index (χ1n) is 5.71. The van der Waals surface area contributed by atoms with Crippen LogP contribution in [0.2, 0.25) is 0 Å². The fraction of sp³-hybridized carbons (Fsp3) is 0.167. The van der Waals surface area contributed by atoms with Crippen LogP contribution in [0.25, 0.3) is 4.96 Å². The normalized spacial score (nSPS) is 10.9. The third-order valence-electron chi connectivity index (χ3n) is 2.66. The van der Waals surface area contributed by atoms with E-state index >= 15 is 0 Å². The summed E-state index contributed by atoms with van der Waals surface area (Å²) in [4.78, 5) is 12.0. The molecule has 1 aromatic carbocycles. The fourth-order valence-corrected chi connectivity index (χ4v) is 2.62. The Labute approximate surface area is 112 Å². The minimum Gasteiger partial charge on any atom is -0.508 e. The Hall–Kier alpha value is -2.28. The smallest absolute Gasteiger partial charge is 0.293 e. The average molecular weight is 274 g/mol. The molecule has 0 aliphatic heterocycles. The number of rotatable bonds is 3. The summed E-state index contributed by atoms with van der Waals surface area (Å²) < 4.78 is 1.26. The minimum atomic E-state index is -0.273. The maximum absolute atomic E-state index is 11.5. The molecule has 0 fully saturated rings. The van der Waals surface area contributed by atoms with Gasteiger partial charge in [-0.2, -0.15) is 14.7 Å². The van der Waals surface area contributed by atoms with Crippen LogP contribution in [-0.4, -0.2) is 24.9 Å². The monoisotopic (exact) mass is 274 g/mol. The second kappa shape index (κ2) is 4.77. The van der Waals surface area contributed by atoms with Crippen LogP contribution < -0.4 is 5.56 Å². The summed E-state index contributed by atoms with van der Waals surface area (Å²) in [6.07, 6.45) is 2.58. The Morgan fingerprint density at radius 3 is 3.00 bits per heavy atom. The van der Waals surface area contributed by atoms with Crippen molar-refractivity contribution in [2.24, 2.45) is 0 Å². The molecule has 0 aliphatic rings. The zero-order valence-electron chi connectivity index (χ0n) is 9.85. The van der Waals surface area contributed by atoms with Gasteiger partial charge in [0.05, 0.1) is 0 Å². The van der Waals surface area contributed by atoms with E-state index in [-0.39, 0.29) is 11.3 Å². The maximum Gasteiger partial charge on any atom is 0.293 e. The van der Waals surface area contributed by atoms with Crippen LogP contribution in [0.15, 0.2) is 35.3 Å². The van der Waals surface area contributed by atoms with Gasteiger partial charge in [-0.05, 0) is 24.1 Å². The SMILES string of the molecule is O=c1cnnc2sc(CCc3cccc(O)c3)nn12. The maximum atomic E-state index is 11.5. The average Bonchev–Trinajstić information content (AvgIpc) is 2.81. The molecule has 0 saturated carbocycles. The van der Waals surface area contributed by atoms with Crippen LogP contribution in [0.1, 0.15) is 10.6 Å². The third-order valence-corrected chi connectivity index (χ3v) is 3.62. The molecule has 0 amide bonds. The first kappa shape index (κ1) is 11.8. The molecule has 0 spiro atoms. The number of phenols is 1. The Morgan fingerprint density at radius 1 is 1.32 bits per heavy atom. The van der Waals surface area contributed by atoms with Gasteiger partial charge in [-0.15, -0.1) is 5.10 Å². The third kappa shape index (κ3) is 2.45. The van der Waals surface area contributed by atoms with E-state index in [1.54, 1.807) is 18.2 Å². The zero-order chi connectivity index (χ0) is 13.2.